The molecule has 1 amide bonds. The molecule has 1 N–H and O–H groups in total. The topological polar surface area (TPSA) is 54.5 Å². The second kappa shape index (κ2) is 5.57. The van der Waals surface area contributed by atoms with E-state index in [1.54, 1.807) is 11.1 Å². The van der Waals surface area contributed by atoms with Crippen molar-refractivity contribution in [2.45, 2.75) is 32.4 Å². The molecule has 1 aromatic heterocycles. The van der Waals surface area contributed by atoms with Crippen LogP contribution >= 0.6 is 0 Å². The lowest BCUT2D eigenvalue weighted by Crippen LogP contribution is -2.49. The molecule has 0 unspecified atom stereocenters. The molecule has 1 aliphatic heterocycles. The van der Waals surface area contributed by atoms with Crippen LogP contribution in [0.4, 0.5) is 4.79 Å². The first kappa shape index (κ1) is 13.8. The molecule has 2 heterocycles. The molecule has 1 aromatic rings. The maximum atomic E-state index is 12.0. The van der Waals surface area contributed by atoms with E-state index in [4.69, 9.17) is 4.74 Å². The van der Waals surface area contributed by atoms with Gasteiger partial charge in [0.15, 0.2) is 0 Å². The minimum atomic E-state index is -0.456. The van der Waals surface area contributed by atoms with E-state index in [0.29, 0.717) is 13.1 Å². The molecule has 0 aliphatic carbocycles. The number of carbonyl (C=O) groups is 1. The van der Waals surface area contributed by atoms with Crippen LogP contribution in [0.1, 0.15) is 32.5 Å². The molecule has 1 aliphatic rings. The molecular formula is C14H21N3O2. The molecule has 0 bridgehead atoms. The molecule has 2 rings (SSSR count). The Labute approximate surface area is 114 Å². The lowest BCUT2D eigenvalue weighted by Gasteiger charge is -2.34. The van der Waals surface area contributed by atoms with Crippen LogP contribution in [0.25, 0.3) is 0 Å². The summed E-state index contributed by atoms with van der Waals surface area (Å²) in [5.74, 6) is 0. The highest BCUT2D eigenvalue weighted by Gasteiger charge is 2.28. The molecule has 19 heavy (non-hydrogen) atoms. The van der Waals surface area contributed by atoms with Crippen molar-refractivity contribution in [2.75, 3.05) is 19.6 Å². The SMILES string of the molecule is CC(C)(C)OC(=O)N1CCN[C@@H](c2ccccn2)C1. The van der Waals surface area contributed by atoms with Gasteiger partial charge in [-0.1, -0.05) is 6.07 Å². The molecule has 0 radical (unpaired) electrons. The summed E-state index contributed by atoms with van der Waals surface area (Å²) in [5, 5.41) is 3.37. The summed E-state index contributed by atoms with van der Waals surface area (Å²) in [4.78, 5) is 18.1. The van der Waals surface area contributed by atoms with Crippen molar-refractivity contribution < 1.29 is 9.53 Å². The maximum Gasteiger partial charge on any atom is 0.410 e. The Hall–Kier alpha value is -1.62. The number of carbonyl (C=O) groups excluding carboxylic acids is 1. The average molecular weight is 263 g/mol. The lowest BCUT2D eigenvalue weighted by atomic mass is 10.1. The predicted octanol–water partition coefficient (Wildman–Crippen LogP) is 1.96. The maximum absolute atomic E-state index is 12.0. The van der Waals surface area contributed by atoms with Crippen molar-refractivity contribution in [1.82, 2.24) is 15.2 Å². The van der Waals surface area contributed by atoms with Crippen molar-refractivity contribution in [3.63, 3.8) is 0 Å². The number of pyridine rings is 1. The quantitative estimate of drug-likeness (QED) is 0.841. The number of rotatable bonds is 1. The first-order valence-electron chi connectivity index (χ1n) is 6.58. The molecular weight excluding hydrogens is 242 g/mol. The van der Waals surface area contributed by atoms with Gasteiger partial charge in [-0.2, -0.15) is 0 Å². The van der Waals surface area contributed by atoms with Crippen LogP contribution in [0.3, 0.4) is 0 Å². The Morgan fingerprint density at radius 1 is 1.47 bits per heavy atom. The first-order chi connectivity index (χ1) is 8.96. The van der Waals surface area contributed by atoms with Gasteiger partial charge in [-0.3, -0.25) is 4.98 Å². The van der Waals surface area contributed by atoms with Gasteiger partial charge in [0, 0.05) is 25.8 Å². The summed E-state index contributed by atoms with van der Waals surface area (Å²) in [7, 11) is 0. The van der Waals surface area contributed by atoms with Crippen molar-refractivity contribution in [1.29, 1.82) is 0 Å². The van der Waals surface area contributed by atoms with E-state index < -0.39 is 5.60 Å². The Balaban J connectivity index is 2.00. The number of aromatic nitrogens is 1. The van der Waals surface area contributed by atoms with Crippen LogP contribution < -0.4 is 5.32 Å². The number of piperazine rings is 1. The molecule has 1 atom stereocenters. The molecule has 0 saturated carbocycles. The summed E-state index contributed by atoms with van der Waals surface area (Å²) >= 11 is 0. The highest BCUT2D eigenvalue weighted by Crippen LogP contribution is 2.17. The van der Waals surface area contributed by atoms with Gasteiger partial charge >= 0.3 is 6.09 Å². The van der Waals surface area contributed by atoms with Crippen LogP contribution in [-0.4, -0.2) is 41.2 Å². The van der Waals surface area contributed by atoms with E-state index in [-0.39, 0.29) is 12.1 Å². The standard InChI is InChI=1S/C14H21N3O2/c1-14(2,3)19-13(18)17-9-8-16-12(10-17)11-6-4-5-7-15-11/h4-7,12,16H,8-10H2,1-3H3/t12-/m1/s1. The van der Waals surface area contributed by atoms with Crippen LogP contribution in [0.15, 0.2) is 24.4 Å². The first-order valence-corrected chi connectivity index (χ1v) is 6.58. The average Bonchev–Trinajstić information content (AvgIpc) is 2.38. The molecule has 0 aromatic carbocycles. The Morgan fingerprint density at radius 2 is 2.26 bits per heavy atom. The summed E-state index contributed by atoms with van der Waals surface area (Å²) in [6, 6.07) is 5.88. The third-order valence-corrected chi connectivity index (χ3v) is 2.87. The fourth-order valence-electron chi connectivity index (χ4n) is 2.02. The number of hydrogen-bond acceptors (Lipinski definition) is 4. The molecule has 0 spiro atoms. The monoisotopic (exact) mass is 263 g/mol. The van der Waals surface area contributed by atoms with Crippen LogP contribution in [-0.2, 0) is 4.74 Å². The number of amides is 1. The Morgan fingerprint density at radius 3 is 2.89 bits per heavy atom. The van der Waals surface area contributed by atoms with Gasteiger partial charge in [0.2, 0.25) is 0 Å². The zero-order valence-corrected chi connectivity index (χ0v) is 11.7. The highest BCUT2D eigenvalue weighted by molar-refractivity contribution is 5.68. The number of nitrogens with zero attached hydrogens (tertiary/aromatic N) is 2. The largest absolute Gasteiger partial charge is 0.444 e. The third kappa shape index (κ3) is 3.92. The third-order valence-electron chi connectivity index (χ3n) is 2.87. The molecule has 104 valence electrons. The van der Waals surface area contributed by atoms with E-state index in [2.05, 4.69) is 10.3 Å². The van der Waals surface area contributed by atoms with Crippen molar-refractivity contribution in [2.24, 2.45) is 0 Å². The fourth-order valence-corrected chi connectivity index (χ4v) is 2.02. The molecule has 1 fully saturated rings. The van der Waals surface area contributed by atoms with Gasteiger partial charge in [0.1, 0.15) is 5.60 Å². The summed E-state index contributed by atoms with van der Waals surface area (Å²) in [6.07, 6.45) is 1.51. The van der Waals surface area contributed by atoms with Crippen molar-refractivity contribution in [3.05, 3.63) is 30.1 Å². The minimum absolute atomic E-state index is 0.0717. The Bertz CT molecular complexity index is 428. The summed E-state index contributed by atoms with van der Waals surface area (Å²) < 4.78 is 5.40. The van der Waals surface area contributed by atoms with Gasteiger partial charge in [0.05, 0.1) is 11.7 Å². The fraction of sp³-hybridized carbons (Fsp3) is 0.571. The van der Waals surface area contributed by atoms with Crippen LogP contribution in [0, 0.1) is 0 Å². The highest BCUT2D eigenvalue weighted by atomic mass is 16.6. The summed E-state index contributed by atoms with van der Waals surface area (Å²) in [6.45, 7) is 7.64. The van der Waals surface area contributed by atoms with E-state index in [0.717, 1.165) is 12.2 Å². The van der Waals surface area contributed by atoms with E-state index in [9.17, 15) is 4.79 Å². The van der Waals surface area contributed by atoms with Crippen molar-refractivity contribution in [3.8, 4) is 0 Å². The van der Waals surface area contributed by atoms with Crippen molar-refractivity contribution >= 4 is 6.09 Å². The summed E-state index contributed by atoms with van der Waals surface area (Å²) in [5.41, 5.74) is 0.499. The smallest absolute Gasteiger partial charge is 0.410 e. The normalized spacial score (nSPS) is 20.2. The van der Waals surface area contributed by atoms with Crippen LogP contribution in [0.5, 0.6) is 0 Å². The zero-order chi connectivity index (χ0) is 13.9. The number of hydrogen-bond donors (Lipinski definition) is 1. The van der Waals surface area contributed by atoms with E-state index in [1.165, 1.54) is 0 Å². The predicted molar refractivity (Wildman–Crippen MR) is 72.8 cm³/mol. The molecule has 1 saturated heterocycles. The van der Waals surface area contributed by atoms with E-state index >= 15 is 0 Å². The number of ether oxygens (including phenoxy) is 1. The zero-order valence-electron chi connectivity index (χ0n) is 11.7. The molecule has 5 nitrogen and oxygen atoms in total. The second-order valence-electron chi connectivity index (χ2n) is 5.69. The lowest BCUT2D eigenvalue weighted by molar-refractivity contribution is 0.0194. The minimum Gasteiger partial charge on any atom is -0.444 e. The second-order valence-corrected chi connectivity index (χ2v) is 5.69. The van der Waals surface area contributed by atoms with Gasteiger partial charge < -0.3 is 15.0 Å². The van der Waals surface area contributed by atoms with Crippen LogP contribution in [0.2, 0.25) is 0 Å². The van der Waals surface area contributed by atoms with Gasteiger partial charge in [-0.05, 0) is 32.9 Å². The van der Waals surface area contributed by atoms with Gasteiger partial charge in [-0.15, -0.1) is 0 Å². The van der Waals surface area contributed by atoms with Gasteiger partial charge in [-0.25, -0.2) is 4.79 Å². The number of nitrogens with one attached hydrogen (secondary N) is 1. The Kier molecular flexibility index (Phi) is 4.04. The molecule has 5 heteroatoms. The van der Waals surface area contributed by atoms with E-state index in [1.807, 2.05) is 39.0 Å². The van der Waals surface area contributed by atoms with Gasteiger partial charge in [0.25, 0.3) is 0 Å².